The Morgan fingerprint density at radius 1 is 1.35 bits per heavy atom. The monoisotopic (exact) mass is 274 g/mol. The van der Waals surface area contributed by atoms with E-state index in [1.807, 2.05) is 25.1 Å². The lowest BCUT2D eigenvalue weighted by Crippen LogP contribution is -2.31. The molecular formula is C14H15FN4O. The lowest BCUT2D eigenvalue weighted by molar-refractivity contribution is 0.0984. The molecule has 1 heterocycles. The standard InChI is InChI=1S/C14H15FN4O/c1-2-19(10-6-4-3-5-7-10)14(20)11-8-9-17-13(18-16)12(11)15/h3-9H,2,16H2,1H3,(H,17,18). The number of pyridine rings is 1. The fourth-order valence-corrected chi connectivity index (χ4v) is 1.91. The first-order valence-electron chi connectivity index (χ1n) is 6.17. The van der Waals surface area contributed by atoms with E-state index in [0.717, 1.165) is 0 Å². The van der Waals surface area contributed by atoms with Crippen LogP contribution >= 0.6 is 0 Å². The van der Waals surface area contributed by atoms with Crippen molar-refractivity contribution in [1.29, 1.82) is 0 Å². The SMILES string of the molecule is CCN(C(=O)c1ccnc(NN)c1F)c1ccccc1. The van der Waals surface area contributed by atoms with Gasteiger partial charge in [0.05, 0.1) is 5.56 Å². The number of rotatable bonds is 4. The summed E-state index contributed by atoms with van der Waals surface area (Å²) in [5.41, 5.74) is 2.77. The van der Waals surface area contributed by atoms with E-state index in [-0.39, 0.29) is 11.4 Å². The number of benzene rings is 1. The Labute approximate surface area is 116 Å². The second-order valence-corrected chi connectivity index (χ2v) is 4.05. The van der Waals surface area contributed by atoms with Crippen LogP contribution < -0.4 is 16.2 Å². The summed E-state index contributed by atoms with van der Waals surface area (Å²) in [5.74, 6) is 3.82. The zero-order valence-corrected chi connectivity index (χ0v) is 11.0. The van der Waals surface area contributed by atoms with Gasteiger partial charge in [-0.1, -0.05) is 18.2 Å². The van der Waals surface area contributed by atoms with Gasteiger partial charge in [0.1, 0.15) is 0 Å². The van der Waals surface area contributed by atoms with Gasteiger partial charge in [0.25, 0.3) is 5.91 Å². The molecule has 0 saturated carbocycles. The number of hydrazine groups is 1. The Bertz CT molecular complexity index is 603. The van der Waals surface area contributed by atoms with Crippen molar-refractivity contribution >= 4 is 17.4 Å². The molecule has 0 unspecified atom stereocenters. The molecule has 1 amide bonds. The molecule has 0 aliphatic heterocycles. The molecular weight excluding hydrogens is 259 g/mol. The van der Waals surface area contributed by atoms with E-state index in [2.05, 4.69) is 10.4 Å². The van der Waals surface area contributed by atoms with E-state index < -0.39 is 11.7 Å². The van der Waals surface area contributed by atoms with Crippen molar-refractivity contribution in [2.75, 3.05) is 16.9 Å². The summed E-state index contributed by atoms with van der Waals surface area (Å²) in [6.45, 7) is 2.25. The quantitative estimate of drug-likeness (QED) is 0.662. The number of nitrogens with zero attached hydrogens (tertiary/aromatic N) is 2. The molecule has 0 atom stereocenters. The van der Waals surface area contributed by atoms with Crippen LogP contribution in [0.2, 0.25) is 0 Å². The summed E-state index contributed by atoms with van der Waals surface area (Å²) in [4.78, 5) is 17.7. The molecule has 2 rings (SSSR count). The third kappa shape index (κ3) is 2.60. The minimum absolute atomic E-state index is 0.0707. The van der Waals surface area contributed by atoms with Crippen molar-refractivity contribution in [1.82, 2.24) is 4.98 Å². The van der Waals surface area contributed by atoms with Crippen molar-refractivity contribution in [3.8, 4) is 0 Å². The summed E-state index contributed by atoms with van der Waals surface area (Å²) < 4.78 is 14.1. The van der Waals surface area contributed by atoms with Gasteiger partial charge in [-0.3, -0.25) is 4.79 Å². The number of halogens is 1. The first-order valence-corrected chi connectivity index (χ1v) is 6.17. The van der Waals surface area contributed by atoms with Crippen LogP contribution in [0.25, 0.3) is 0 Å². The lowest BCUT2D eigenvalue weighted by atomic mass is 10.2. The maximum Gasteiger partial charge on any atom is 0.261 e. The van der Waals surface area contributed by atoms with Gasteiger partial charge in [-0.15, -0.1) is 0 Å². The van der Waals surface area contributed by atoms with Crippen molar-refractivity contribution in [3.63, 3.8) is 0 Å². The van der Waals surface area contributed by atoms with Crippen LogP contribution in [0.4, 0.5) is 15.9 Å². The Balaban J connectivity index is 2.39. The number of anilines is 2. The Morgan fingerprint density at radius 2 is 2.05 bits per heavy atom. The maximum absolute atomic E-state index is 14.1. The highest BCUT2D eigenvalue weighted by atomic mass is 19.1. The van der Waals surface area contributed by atoms with Crippen molar-refractivity contribution in [3.05, 3.63) is 54.0 Å². The summed E-state index contributed by atoms with van der Waals surface area (Å²) >= 11 is 0. The molecule has 6 heteroatoms. The summed E-state index contributed by atoms with van der Waals surface area (Å²) in [6, 6.07) is 10.4. The van der Waals surface area contributed by atoms with Gasteiger partial charge in [-0.2, -0.15) is 0 Å². The summed E-state index contributed by atoms with van der Waals surface area (Å²) in [7, 11) is 0. The first kappa shape index (κ1) is 14.0. The number of para-hydroxylation sites is 1. The minimum Gasteiger partial charge on any atom is -0.309 e. The molecule has 0 radical (unpaired) electrons. The topological polar surface area (TPSA) is 71.2 Å². The average Bonchev–Trinajstić information content (AvgIpc) is 2.49. The number of carbonyl (C=O) groups excluding carboxylic acids is 1. The van der Waals surface area contributed by atoms with Gasteiger partial charge in [-0.05, 0) is 25.1 Å². The van der Waals surface area contributed by atoms with Crippen LogP contribution in [0.5, 0.6) is 0 Å². The molecule has 20 heavy (non-hydrogen) atoms. The molecule has 1 aromatic heterocycles. The van der Waals surface area contributed by atoms with E-state index >= 15 is 0 Å². The number of nitrogen functional groups attached to an aromatic ring is 1. The fraction of sp³-hybridized carbons (Fsp3) is 0.143. The zero-order valence-electron chi connectivity index (χ0n) is 11.0. The fourth-order valence-electron chi connectivity index (χ4n) is 1.91. The third-order valence-electron chi connectivity index (χ3n) is 2.89. The highest BCUT2D eigenvalue weighted by Crippen LogP contribution is 2.20. The van der Waals surface area contributed by atoms with Crippen LogP contribution in [0, 0.1) is 5.82 Å². The van der Waals surface area contributed by atoms with Gasteiger partial charge in [0, 0.05) is 18.4 Å². The Morgan fingerprint density at radius 3 is 2.65 bits per heavy atom. The van der Waals surface area contributed by atoms with Crippen molar-refractivity contribution < 1.29 is 9.18 Å². The molecule has 0 fully saturated rings. The van der Waals surface area contributed by atoms with Crippen LogP contribution in [0.3, 0.4) is 0 Å². The number of hydrogen-bond acceptors (Lipinski definition) is 4. The number of nitrogens with one attached hydrogen (secondary N) is 1. The van der Waals surface area contributed by atoms with Crippen LogP contribution in [-0.2, 0) is 0 Å². The third-order valence-corrected chi connectivity index (χ3v) is 2.89. The van der Waals surface area contributed by atoms with E-state index in [1.54, 1.807) is 12.1 Å². The van der Waals surface area contributed by atoms with Crippen LogP contribution in [0.15, 0.2) is 42.6 Å². The highest BCUT2D eigenvalue weighted by Gasteiger charge is 2.21. The van der Waals surface area contributed by atoms with Gasteiger partial charge >= 0.3 is 0 Å². The first-order chi connectivity index (χ1) is 9.69. The molecule has 0 spiro atoms. The van der Waals surface area contributed by atoms with Crippen LogP contribution in [-0.4, -0.2) is 17.4 Å². The number of aromatic nitrogens is 1. The number of nitrogens with two attached hydrogens (primary N) is 1. The van der Waals surface area contributed by atoms with E-state index in [1.165, 1.54) is 17.2 Å². The van der Waals surface area contributed by atoms with E-state index in [4.69, 9.17) is 5.84 Å². The van der Waals surface area contributed by atoms with E-state index in [9.17, 15) is 9.18 Å². The summed E-state index contributed by atoms with van der Waals surface area (Å²) in [6.07, 6.45) is 1.34. The second kappa shape index (κ2) is 6.12. The Hall–Kier alpha value is -2.47. The Kier molecular flexibility index (Phi) is 4.27. The second-order valence-electron chi connectivity index (χ2n) is 4.05. The van der Waals surface area contributed by atoms with Crippen molar-refractivity contribution in [2.45, 2.75) is 6.92 Å². The smallest absolute Gasteiger partial charge is 0.261 e. The van der Waals surface area contributed by atoms with Gasteiger partial charge in [0.2, 0.25) is 0 Å². The normalized spacial score (nSPS) is 10.2. The maximum atomic E-state index is 14.1. The molecule has 104 valence electrons. The molecule has 0 bridgehead atoms. The molecule has 1 aromatic carbocycles. The van der Waals surface area contributed by atoms with Gasteiger partial charge in [0.15, 0.2) is 11.6 Å². The highest BCUT2D eigenvalue weighted by molar-refractivity contribution is 6.06. The predicted molar refractivity (Wildman–Crippen MR) is 75.8 cm³/mol. The molecule has 0 saturated heterocycles. The lowest BCUT2D eigenvalue weighted by Gasteiger charge is -2.21. The molecule has 5 nitrogen and oxygen atoms in total. The zero-order chi connectivity index (χ0) is 14.5. The van der Waals surface area contributed by atoms with E-state index in [0.29, 0.717) is 12.2 Å². The molecule has 0 aliphatic rings. The molecule has 2 aromatic rings. The number of hydrogen-bond donors (Lipinski definition) is 2. The average molecular weight is 274 g/mol. The number of amides is 1. The minimum atomic E-state index is -0.755. The largest absolute Gasteiger partial charge is 0.309 e. The molecule has 0 aliphatic carbocycles. The number of carbonyl (C=O) groups is 1. The van der Waals surface area contributed by atoms with Crippen LogP contribution in [0.1, 0.15) is 17.3 Å². The summed E-state index contributed by atoms with van der Waals surface area (Å²) in [5, 5.41) is 0. The van der Waals surface area contributed by atoms with Crippen molar-refractivity contribution in [2.24, 2.45) is 5.84 Å². The molecule has 3 N–H and O–H groups in total. The predicted octanol–water partition coefficient (Wildman–Crippen LogP) is 2.17. The van der Waals surface area contributed by atoms with Gasteiger partial charge < -0.3 is 10.3 Å². The van der Waals surface area contributed by atoms with Gasteiger partial charge in [-0.25, -0.2) is 15.2 Å².